The zero-order chi connectivity index (χ0) is 23.6. The molecule has 1 amide bonds. The Morgan fingerprint density at radius 2 is 1.64 bits per heavy atom. The van der Waals surface area contributed by atoms with Gasteiger partial charge in [-0.05, 0) is 17.5 Å². The van der Waals surface area contributed by atoms with E-state index >= 15 is 0 Å². The van der Waals surface area contributed by atoms with E-state index in [0.29, 0.717) is 13.0 Å². The number of rotatable bonds is 11. The van der Waals surface area contributed by atoms with E-state index in [0.717, 1.165) is 11.1 Å². The maximum atomic E-state index is 13.3. The summed E-state index contributed by atoms with van der Waals surface area (Å²) in [5, 5.41) is 14.7. The number of hydrogen-bond donors (Lipinski definition) is 1. The molecule has 0 aliphatic heterocycles. The van der Waals surface area contributed by atoms with E-state index in [4.69, 9.17) is 14.2 Å². The van der Waals surface area contributed by atoms with Crippen LogP contribution in [0.1, 0.15) is 27.5 Å². The molecule has 0 aromatic heterocycles. The molecule has 0 saturated heterocycles. The summed E-state index contributed by atoms with van der Waals surface area (Å²) < 4.78 is 15.8. The van der Waals surface area contributed by atoms with Crippen LogP contribution in [0.25, 0.3) is 0 Å². The van der Waals surface area contributed by atoms with Crippen molar-refractivity contribution in [2.75, 3.05) is 27.4 Å². The Balaban J connectivity index is 1.93. The molecule has 0 radical (unpaired) electrons. The van der Waals surface area contributed by atoms with Gasteiger partial charge < -0.3 is 19.5 Å². The van der Waals surface area contributed by atoms with E-state index in [2.05, 4.69) is 5.32 Å². The molecule has 0 aliphatic carbocycles. The van der Waals surface area contributed by atoms with Crippen LogP contribution in [0.4, 0.5) is 5.69 Å². The van der Waals surface area contributed by atoms with Crippen molar-refractivity contribution in [3.63, 3.8) is 0 Å². The van der Waals surface area contributed by atoms with Crippen LogP contribution in [0.2, 0.25) is 0 Å². The normalized spacial score (nSPS) is 11.5. The van der Waals surface area contributed by atoms with Crippen LogP contribution in [0.5, 0.6) is 11.5 Å². The lowest BCUT2D eigenvalue weighted by molar-refractivity contribution is -0.385. The molecule has 33 heavy (non-hydrogen) atoms. The van der Waals surface area contributed by atoms with Crippen LogP contribution < -0.4 is 14.8 Å². The molecule has 3 rings (SSSR count). The predicted molar refractivity (Wildman–Crippen MR) is 124 cm³/mol. The first-order valence-corrected chi connectivity index (χ1v) is 10.4. The van der Waals surface area contributed by atoms with E-state index in [1.807, 2.05) is 60.7 Å². The zero-order valence-corrected chi connectivity index (χ0v) is 18.5. The van der Waals surface area contributed by atoms with Crippen molar-refractivity contribution in [2.45, 2.75) is 12.5 Å². The van der Waals surface area contributed by atoms with Gasteiger partial charge in [0.15, 0.2) is 11.5 Å². The highest BCUT2D eigenvalue weighted by atomic mass is 16.6. The Morgan fingerprint density at radius 3 is 2.24 bits per heavy atom. The second kappa shape index (κ2) is 11.6. The van der Waals surface area contributed by atoms with Gasteiger partial charge in [0.25, 0.3) is 11.6 Å². The highest BCUT2D eigenvalue weighted by Crippen LogP contribution is 2.35. The van der Waals surface area contributed by atoms with Gasteiger partial charge in [-0.15, -0.1) is 0 Å². The third kappa shape index (κ3) is 6.30. The molecule has 0 bridgehead atoms. The number of methoxy groups -OCH3 is 2. The third-order valence-electron chi connectivity index (χ3n) is 5.06. The number of hydrogen-bond acceptors (Lipinski definition) is 6. The lowest BCUT2D eigenvalue weighted by atomic mass is 9.98. The molecular formula is C25H26N2O6. The SMILES string of the molecule is COCCOc1cc([N+](=O)[O-])c(C(=O)NC(Cc2ccccc2)c2ccccc2)cc1OC. The van der Waals surface area contributed by atoms with Gasteiger partial charge >= 0.3 is 0 Å². The predicted octanol–water partition coefficient (Wildman–Crippen LogP) is 4.34. The minimum Gasteiger partial charge on any atom is -0.493 e. The number of carbonyl (C=O) groups excluding carboxylic acids is 1. The van der Waals surface area contributed by atoms with Crippen molar-refractivity contribution in [2.24, 2.45) is 0 Å². The molecule has 0 spiro atoms. The zero-order valence-electron chi connectivity index (χ0n) is 18.5. The molecule has 172 valence electrons. The Kier molecular flexibility index (Phi) is 8.37. The summed E-state index contributed by atoms with van der Waals surface area (Å²) in [5.41, 5.74) is 1.45. The third-order valence-corrected chi connectivity index (χ3v) is 5.06. The smallest absolute Gasteiger partial charge is 0.286 e. The van der Waals surface area contributed by atoms with Gasteiger partial charge in [0.05, 0.1) is 30.7 Å². The Bertz CT molecular complexity index is 1070. The molecule has 0 fully saturated rings. The molecule has 1 atom stereocenters. The van der Waals surface area contributed by atoms with Gasteiger partial charge in [-0.1, -0.05) is 60.7 Å². The van der Waals surface area contributed by atoms with E-state index in [1.54, 1.807) is 0 Å². The van der Waals surface area contributed by atoms with Crippen LogP contribution >= 0.6 is 0 Å². The molecule has 8 heteroatoms. The van der Waals surface area contributed by atoms with Crippen LogP contribution in [0.3, 0.4) is 0 Å². The molecule has 3 aromatic carbocycles. The van der Waals surface area contributed by atoms with E-state index < -0.39 is 10.8 Å². The van der Waals surface area contributed by atoms with Gasteiger partial charge in [0.1, 0.15) is 12.2 Å². The van der Waals surface area contributed by atoms with Crippen LogP contribution in [-0.2, 0) is 11.2 Å². The van der Waals surface area contributed by atoms with Gasteiger partial charge in [-0.25, -0.2) is 0 Å². The van der Waals surface area contributed by atoms with Gasteiger partial charge in [0, 0.05) is 13.2 Å². The fourth-order valence-electron chi connectivity index (χ4n) is 3.41. The molecule has 0 aliphatic rings. The topological polar surface area (TPSA) is 99.9 Å². The maximum absolute atomic E-state index is 13.3. The van der Waals surface area contributed by atoms with Gasteiger partial charge in [0.2, 0.25) is 0 Å². The number of nitro benzene ring substituents is 1. The average molecular weight is 450 g/mol. The van der Waals surface area contributed by atoms with Crippen molar-refractivity contribution in [3.05, 3.63) is 99.6 Å². The first-order chi connectivity index (χ1) is 16.0. The second-order valence-corrected chi connectivity index (χ2v) is 7.25. The molecular weight excluding hydrogens is 424 g/mol. The number of carbonyl (C=O) groups is 1. The van der Waals surface area contributed by atoms with Crippen molar-refractivity contribution in [1.82, 2.24) is 5.32 Å². The molecule has 1 unspecified atom stereocenters. The molecule has 3 aromatic rings. The molecule has 1 N–H and O–H groups in total. The van der Waals surface area contributed by atoms with Crippen molar-refractivity contribution < 1.29 is 23.9 Å². The minimum absolute atomic E-state index is 0.107. The summed E-state index contributed by atoms with van der Waals surface area (Å²) >= 11 is 0. The quantitative estimate of drug-likeness (QED) is 0.265. The summed E-state index contributed by atoms with van der Waals surface area (Å²) in [7, 11) is 2.93. The summed E-state index contributed by atoms with van der Waals surface area (Å²) in [6.07, 6.45) is 0.528. The van der Waals surface area contributed by atoms with Crippen LogP contribution in [-0.4, -0.2) is 38.3 Å². The fourth-order valence-corrected chi connectivity index (χ4v) is 3.41. The lowest BCUT2D eigenvalue weighted by Crippen LogP contribution is -2.30. The van der Waals surface area contributed by atoms with Crippen molar-refractivity contribution in [1.29, 1.82) is 0 Å². The summed E-state index contributed by atoms with van der Waals surface area (Å²) in [5.74, 6) is -0.184. The van der Waals surface area contributed by atoms with Gasteiger partial charge in [-0.2, -0.15) is 0 Å². The van der Waals surface area contributed by atoms with Crippen LogP contribution in [0.15, 0.2) is 72.8 Å². The highest BCUT2D eigenvalue weighted by Gasteiger charge is 2.27. The Morgan fingerprint density at radius 1 is 0.970 bits per heavy atom. The van der Waals surface area contributed by atoms with E-state index in [-0.39, 0.29) is 35.4 Å². The highest BCUT2D eigenvalue weighted by molar-refractivity contribution is 5.99. The fraction of sp³-hybridized carbons (Fsp3) is 0.240. The van der Waals surface area contributed by atoms with Crippen molar-refractivity contribution in [3.8, 4) is 11.5 Å². The average Bonchev–Trinajstić information content (AvgIpc) is 2.84. The maximum Gasteiger partial charge on any atom is 0.286 e. The number of benzene rings is 3. The molecule has 0 heterocycles. The van der Waals surface area contributed by atoms with E-state index in [1.165, 1.54) is 26.4 Å². The minimum atomic E-state index is -0.605. The van der Waals surface area contributed by atoms with E-state index in [9.17, 15) is 14.9 Å². The number of nitrogens with one attached hydrogen (secondary N) is 1. The van der Waals surface area contributed by atoms with Crippen LogP contribution in [0, 0.1) is 10.1 Å². The summed E-state index contributed by atoms with van der Waals surface area (Å²) in [4.78, 5) is 24.4. The number of ether oxygens (including phenoxy) is 3. The summed E-state index contributed by atoms with van der Waals surface area (Å²) in [6, 6.07) is 21.4. The Labute approximate surface area is 192 Å². The first kappa shape index (κ1) is 23.7. The largest absolute Gasteiger partial charge is 0.493 e. The lowest BCUT2D eigenvalue weighted by Gasteiger charge is -2.20. The molecule has 8 nitrogen and oxygen atoms in total. The number of amides is 1. The standard InChI is InChI=1S/C25H26N2O6/c1-31-13-14-33-24-17-22(27(29)30)20(16-23(24)32-2)25(28)26-21(19-11-7-4-8-12-19)15-18-9-5-3-6-10-18/h3-12,16-17,21H,13-15H2,1-2H3,(H,26,28). The number of nitrogens with zero attached hydrogens (tertiary/aromatic N) is 1. The monoisotopic (exact) mass is 450 g/mol. The second-order valence-electron chi connectivity index (χ2n) is 7.25. The summed E-state index contributed by atoms with van der Waals surface area (Å²) in [6.45, 7) is 0.486. The first-order valence-electron chi connectivity index (χ1n) is 10.4. The Hall–Kier alpha value is -3.91. The van der Waals surface area contributed by atoms with Crippen molar-refractivity contribution >= 4 is 11.6 Å². The number of nitro groups is 1. The van der Waals surface area contributed by atoms with Gasteiger partial charge in [-0.3, -0.25) is 14.9 Å². The molecule has 0 saturated carbocycles.